The molecule has 0 saturated heterocycles. The Kier molecular flexibility index (Phi) is 12.2. The Hall–Kier alpha value is -2.78. The molecule has 0 aliphatic heterocycles. The SMILES string of the molecule is C1=CC(P(c2ccccc2)c2ccccc2)=CC1.Cc1cc(C)cc(P(c2cc(C)cc(C)c2)[C@H](C)C2=CC=CC2)c1.[Fe]. The average molecular weight is 641 g/mol. The summed E-state index contributed by atoms with van der Waals surface area (Å²) in [6, 6.07) is 35.8. The van der Waals surface area contributed by atoms with E-state index in [2.05, 4.69) is 168 Å². The predicted octanol–water partition coefficient (Wildman–Crippen LogP) is 9.59. The van der Waals surface area contributed by atoms with Gasteiger partial charge in [-0.25, -0.2) is 0 Å². The van der Waals surface area contributed by atoms with Gasteiger partial charge in [-0.1, -0.05) is 168 Å². The van der Waals surface area contributed by atoms with E-state index in [1.165, 1.54) is 48.8 Å². The zero-order valence-electron chi connectivity index (χ0n) is 25.9. The van der Waals surface area contributed by atoms with Crippen LogP contribution in [0.3, 0.4) is 0 Å². The maximum Gasteiger partial charge on any atom is 0.00587 e. The topological polar surface area (TPSA) is 0 Å². The fraction of sp³-hybridized carbons (Fsp3) is 0.200. The summed E-state index contributed by atoms with van der Waals surface area (Å²) in [5.74, 6) is 0. The van der Waals surface area contributed by atoms with Gasteiger partial charge in [0.1, 0.15) is 0 Å². The summed E-state index contributed by atoms with van der Waals surface area (Å²) in [6.07, 6.45) is 15.9. The first-order valence-corrected chi connectivity index (χ1v) is 17.7. The van der Waals surface area contributed by atoms with Crippen LogP contribution in [0.15, 0.2) is 144 Å². The smallest absolute Gasteiger partial charge is 0.00587 e. The third-order valence-electron chi connectivity index (χ3n) is 7.73. The van der Waals surface area contributed by atoms with Gasteiger partial charge < -0.3 is 0 Å². The van der Waals surface area contributed by atoms with Crippen LogP contribution in [0.5, 0.6) is 0 Å². The Balaban J connectivity index is 0.000000199. The molecule has 0 amide bonds. The Bertz CT molecular complexity index is 1500. The van der Waals surface area contributed by atoms with Gasteiger partial charge in [-0.15, -0.1) is 0 Å². The molecular weight excluding hydrogens is 598 g/mol. The van der Waals surface area contributed by atoms with Gasteiger partial charge in [0, 0.05) is 22.7 Å². The van der Waals surface area contributed by atoms with Crippen LogP contribution in [-0.2, 0) is 17.1 Å². The minimum atomic E-state index is -0.396. The number of rotatable bonds is 7. The first-order chi connectivity index (χ1) is 20.4. The van der Waals surface area contributed by atoms with Gasteiger partial charge in [0.2, 0.25) is 0 Å². The van der Waals surface area contributed by atoms with E-state index in [-0.39, 0.29) is 25.0 Å². The van der Waals surface area contributed by atoms with Crippen LogP contribution in [0.1, 0.15) is 42.0 Å². The largest absolute Gasteiger partial charge is 0.0804 e. The summed E-state index contributed by atoms with van der Waals surface area (Å²) in [5, 5.41) is 7.34. The molecule has 3 heteroatoms. The first-order valence-electron chi connectivity index (χ1n) is 15.0. The van der Waals surface area contributed by atoms with Crippen molar-refractivity contribution in [2.24, 2.45) is 0 Å². The Morgan fingerprint density at radius 3 is 1.49 bits per heavy atom. The summed E-state index contributed by atoms with van der Waals surface area (Å²) in [4.78, 5) is 0. The fourth-order valence-corrected chi connectivity index (χ4v) is 11.4. The van der Waals surface area contributed by atoms with Crippen LogP contribution in [-0.4, -0.2) is 5.66 Å². The zero-order valence-corrected chi connectivity index (χ0v) is 28.8. The van der Waals surface area contributed by atoms with Crippen molar-refractivity contribution < 1.29 is 17.1 Å². The number of aryl methyl sites for hydroxylation is 4. The van der Waals surface area contributed by atoms with Crippen molar-refractivity contribution in [3.05, 3.63) is 167 Å². The van der Waals surface area contributed by atoms with Gasteiger partial charge >= 0.3 is 0 Å². The quantitative estimate of drug-likeness (QED) is 0.139. The van der Waals surface area contributed by atoms with Crippen molar-refractivity contribution in [3.63, 3.8) is 0 Å². The number of hydrogen-bond acceptors (Lipinski definition) is 0. The molecule has 0 spiro atoms. The van der Waals surface area contributed by atoms with Gasteiger partial charge in [-0.2, -0.15) is 0 Å². The summed E-state index contributed by atoms with van der Waals surface area (Å²) in [7, 11) is -0.774. The van der Waals surface area contributed by atoms with E-state index in [1.807, 2.05) is 0 Å². The van der Waals surface area contributed by atoms with Crippen LogP contribution in [0.25, 0.3) is 0 Å². The van der Waals surface area contributed by atoms with Gasteiger partial charge in [-0.3, -0.25) is 0 Å². The second-order valence-electron chi connectivity index (χ2n) is 11.4. The molecule has 43 heavy (non-hydrogen) atoms. The molecule has 220 valence electrons. The van der Waals surface area contributed by atoms with Crippen molar-refractivity contribution in [2.75, 3.05) is 0 Å². The minimum Gasteiger partial charge on any atom is -0.0804 e. The van der Waals surface area contributed by atoms with E-state index in [9.17, 15) is 0 Å². The molecular formula is C40H42FeP2. The van der Waals surface area contributed by atoms with E-state index >= 15 is 0 Å². The van der Waals surface area contributed by atoms with E-state index in [1.54, 1.807) is 5.57 Å². The summed E-state index contributed by atoms with van der Waals surface area (Å²) in [6.45, 7) is 11.3. The van der Waals surface area contributed by atoms with E-state index in [4.69, 9.17) is 0 Å². The molecule has 0 nitrogen and oxygen atoms in total. The summed E-state index contributed by atoms with van der Waals surface area (Å²) >= 11 is 0. The molecule has 0 unspecified atom stereocenters. The van der Waals surface area contributed by atoms with Crippen molar-refractivity contribution in [1.29, 1.82) is 0 Å². The maximum atomic E-state index is 2.42. The van der Waals surface area contributed by atoms with Crippen LogP contribution in [0, 0.1) is 27.7 Å². The Morgan fingerprint density at radius 1 is 0.605 bits per heavy atom. The Labute approximate surface area is 272 Å². The molecule has 1 atom stereocenters. The molecule has 0 N–H and O–H groups in total. The third kappa shape index (κ3) is 8.66. The second kappa shape index (κ2) is 15.8. The zero-order chi connectivity index (χ0) is 29.5. The number of benzene rings is 4. The van der Waals surface area contributed by atoms with Crippen LogP contribution >= 0.6 is 15.8 Å². The normalized spacial score (nSPS) is 14.2. The molecule has 4 aromatic rings. The second-order valence-corrected chi connectivity index (χ2v) is 16.2. The molecule has 2 aliphatic rings. The summed E-state index contributed by atoms with van der Waals surface area (Å²) in [5.41, 5.74) is 7.61. The van der Waals surface area contributed by atoms with Crippen molar-refractivity contribution in [1.82, 2.24) is 0 Å². The third-order valence-corrected chi connectivity index (χ3v) is 12.9. The van der Waals surface area contributed by atoms with Crippen molar-refractivity contribution in [2.45, 2.75) is 53.1 Å². The average Bonchev–Trinajstić information content (AvgIpc) is 3.70. The van der Waals surface area contributed by atoms with Crippen LogP contribution in [0.4, 0.5) is 0 Å². The molecule has 0 bridgehead atoms. The molecule has 2 aliphatic carbocycles. The molecule has 4 aromatic carbocycles. The van der Waals surface area contributed by atoms with Crippen molar-refractivity contribution in [3.8, 4) is 0 Å². The molecule has 6 rings (SSSR count). The van der Waals surface area contributed by atoms with Gasteiger partial charge in [0.25, 0.3) is 0 Å². The molecule has 0 fully saturated rings. The van der Waals surface area contributed by atoms with E-state index < -0.39 is 7.92 Å². The standard InChI is InChI=1S/C23H27P.C17H15P.Fe/c1-16-10-17(2)13-22(12-16)24(20(5)21-8-6-7-9-21)23-14-18(3)11-19(4)15-23;1-3-9-15(10-4-1)18(17-13-7-8-14-17)16-11-5-2-6-12-16;/h6-8,10-15,20H,9H2,1-5H3;1-7,9-14H,8H2;/t20-;;/m1../s1. The fourth-order valence-electron chi connectivity index (χ4n) is 5.93. The summed E-state index contributed by atoms with van der Waals surface area (Å²) < 4.78 is 0. The number of allylic oxidation sites excluding steroid dienone is 8. The van der Waals surface area contributed by atoms with Gasteiger partial charge in [0.15, 0.2) is 0 Å². The predicted molar refractivity (Wildman–Crippen MR) is 190 cm³/mol. The van der Waals surface area contributed by atoms with Crippen molar-refractivity contribution >= 4 is 37.1 Å². The van der Waals surface area contributed by atoms with E-state index in [0.717, 1.165) is 12.8 Å². The monoisotopic (exact) mass is 640 g/mol. The Morgan fingerprint density at radius 2 is 1.09 bits per heavy atom. The number of hydrogen-bond donors (Lipinski definition) is 0. The first kappa shape index (κ1) is 33.1. The van der Waals surface area contributed by atoms with Gasteiger partial charge in [-0.05, 0) is 82.9 Å². The van der Waals surface area contributed by atoms with Gasteiger partial charge in [0.05, 0.1) is 0 Å². The molecule has 0 saturated carbocycles. The minimum absolute atomic E-state index is 0. The van der Waals surface area contributed by atoms with Crippen LogP contribution in [0.2, 0.25) is 0 Å². The molecule has 0 radical (unpaired) electrons. The molecule has 0 heterocycles. The maximum absolute atomic E-state index is 2.42. The molecule has 0 aromatic heterocycles. The van der Waals surface area contributed by atoms with E-state index in [0.29, 0.717) is 5.66 Å². The van der Waals surface area contributed by atoms with Crippen LogP contribution < -0.4 is 21.2 Å².